The molecule has 0 aromatic heterocycles. The zero-order valence-electron chi connectivity index (χ0n) is 19.5. The number of carbonyl (C=O) groups excluding carboxylic acids is 1. The second kappa shape index (κ2) is 10.8. The summed E-state index contributed by atoms with van der Waals surface area (Å²) in [5, 5.41) is 3.04. The maximum Gasteiger partial charge on any atom is 0.243 e. The van der Waals surface area contributed by atoms with Crippen LogP contribution in [0.1, 0.15) is 48.8 Å². The number of hydrogen-bond donors (Lipinski definition) is 1. The van der Waals surface area contributed by atoms with Gasteiger partial charge < -0.3 is 5.32 Å². The van der Waals surface area contributed by atoms with E-state index in [4.69, 9.17) is 0 Å². The van der Waals surface area contributed by atoms with Gasteiger partial charge in [-0.15, -0.1) is 0 Å². The minimum Gasteiger partial charge on any atom is -0.352 e. The molecule has 0 bridgehead atoms. The van der Waals surface area contributed by atoms with Crippen molar-refractivity contribution in [1.29, 1.82) is 0 Å². The number of carbonyl (C=O) groups is 1. The first kappa shape index (κ1) is 23.9. The third-order valence-corrected chi connectivity index (χ3v) is 8.61. The maximum atomic E-state index is 13.0. The van der Waals surface area contributed by atoms with E-state index in [1.165, 1.54) is 29.1 Å². The first-order chi connectivity index (χ1) is 15.9. The minimum absolute atomic E-state index is 0.0692. The highest BCUT2D eigenvalue weighted by Crippen LogP contribution is 2.24. The number of nitrogens with zero attached hydrogens (tertiary/aromatic N) is 2. The lowest BCUT2D eigenvalue weighted by atomic mass is 9.98. The van der Waals surface area contributed by atoms with E-state index in [0.29, 0.717) is 30.8 Å². The highest BCUT2D eigenvalue weighted by molar-refractivity contribution is 7.89. The maximum absolute atomic E-state index is 13.0. The van der Waals surface area contributed by atoms with Gasteiger partial charge in [0.1, 0.15) is 0 Å². The first-order valence-corrected chi connectivity index (χ1v) is 13.5. The minimum atomic E-state index is -3.58. The molecule has 7 heteroatoms. The third-order valence-electron chi connectivity index (χ3n) is 6.73. The Labute approximate surface area is 198 Å². The number of hydrogen-bond acceptors (Lipinski definition) is 4. The van der Waals surface area contributed by atoms with Crippen LogP contribution in [-0.4, -0.2) is 49.7 Å². The van der Waals surface area contributed by atoms with Crippen molar-refractivity contribution >= 4 is 15.9 Å². The van der Waals surface area contributed by atoms with Crippen molar-refractivity contribution in [2.24, 2.45) is 5.92 Å². The lowest BCUT2D eigenvalue weighted by molar-refractivity contribution is -0.126. The SMILES string of the molecule is Cc1ccc(S(=O)(=O)N2CCC[C@@H](C(=O)NCc3cccc(CN4CCCCC4)c3)C2)cc1. The molecule has 1 atom stereocenters. The number of amides is 1. The predicted octanol–water partition coefficient (Wildman–Crippen LogP) is 3.70. The number of benzene rings is 2. The Morgan fingerprint density at radius 1 is 0.970 bits per heavy atom. The van der Waals surface area contributed by atoms with Gasteiger partial charge in [0.2, 0.25) is 15.9 Å². The van der Waals surface area contributed by atoms with Gasteiger partial charge in [-0.25, -0.2) is 8.42 Å². The Morgan fingerprint density at radius 2 is 1.70 bits per heavy atom. The summed E-state index contributed by atoms with van der Waals surface area (Å²) in [6.45, 7) is 6.36. The average molecular weight is 470 g/mol. The molecule has 2 saturated heterocycles. The highest BCUT2D eigenvalue weighted by Gasteiger charge is 2.33. The molecule has 4 rings (SSSR count). The Morgan fingerprint density at radius 3 is 2.45 bits per heavy atom. The first-order valence-electron chi connectivity index (χ1n) is 12.1. The van der Waals surface area contributed by atoms with E-state index in [2.05, 4.69) is 28.4 Å². The zero-order valence-corrected chi connectivity index (χ0v) is 20.3. The van der Waals surface area contributed by atoms with Gasteiger partial charge in [0.15, 0.2) is 0 Å². The quantitative estimate of drug-likeness (QED) is 0.671. The summed E-state index contributed by atoms with van der Waals surface area (Å²) in [4.78, 5) is 15.7. The zero-order chi connectivity index (χ0) is 23.3. The van der Waals surface area contributed by atoms with Gasteiger partial charge in [-0.05, 0) is 69.0 Å². The topological polar surface area (TPSA) is 69.7 Å². The number of likely N-dealkylation sites (tertiary alicyclic amines) is 1. The molecule has 178 valence electrons. The number of rotatable bonds is 7. The Balaban J connectivity index is 1.33. The molecular weight excluding hydrogens is 434 g/mol. The van der Waals surface area contributed by atoms with Crippen LogP contribution in [0.25, 0.3) is 0 Å². The van der Waals surface area contributed by atoms with Crippen LogP contribution in [0.3, 0.4) is 0 Å². The van der Waals surface area contributed by atoms with Crippen molar-refractivity contribution in [2.45, 2.75) is 57.0 Å². The molecule has 2 fully saturated rings. The normalized spacial score (nSPS) is 20.5. The fraction of sp³-hybridized carbons (Fsp3) is 0.500. The van der Waals surface area contributed by atoms with E-state index in [1.807, 2.05) is 13.0 Å². The van der Waals surface area contributed by atoms with Crippen molar-refractivity contribution in [3.05, 3.63) is 65.2 Å². The molecule has 2 aromatic rings. The molecule has 2 aliphatic heterocycles. The van der Waals surface area contributed by atoms with Crippen LogP contribution >= 0.6 is 0 Å². The van der Waals surface area contributed by atoms with Crippen LogP contribution in [0.2, 0.25) is 0 Å². The molecule has 1 N–H and O–H groups in total. The van der Waals surface area contributed by atoms with E-state index in [1.54, 1.807) is 24.3 Å². The van der Waals surface area contributed by atoms with Crippen LogP contribution in [0, 0.1) is 12.8 Å². The number of nitrogens with one attached hydrogen (secondary N) is 1. The number of piperidine rings is 2. The summed E-state index contributed by atoms with van der Waals surface area (Å²) in [5.41, 5.74) is 3.37. The average Bonchev–Trinajstić information content (AvgIpc) is 2.84. The van der Waals surface area contributed by atoms with Gasteiger partial charge in [0.25, 0.3) is 0 Å². The monoisotopic (exact) mass is 469 g/mol. The van der Waals surface area contributed by atoms with Crippen LogP contribution in [-0.2, 0) is 27.9 Å². The van der Waals surface area contributed by atoms with Gasteiger partial charge in [0, 0.05) is 26.2 Å². The standard InChI is InChI=1S/C26H35N3O3S/c1-21-10-12-25(13-11-21)33(31,32)29-16-6-9-24(20-29)26(30)27-18-22-7-5-8-23(17-22)19-28-14-3-2-4-15-28/h5,7-8,10-13,17,24H,2-4,6,9,14-16,18-20H2,1H3,(H,27,30)/t24-/m1/s1. The number of sulfonamides is 1. The summed E-state index contributed by atoms with van der Waals surface area (Å²) in [6, 6.07) is 15.3. The smallest absolute Gasteiger partial charge is 0.243 e. The van der Waals surface area contributed by atoms with E-state index < -0.39 is 10.0 Å². The molecular formula is C26H35N3O3S. The van der Waals surface area contributed by atoms with E-state index in [9.17, 15) is 13.2 Å². The predicted molar refractivity (Wildman–Crippen MR) is 130 cm³/mol. The fourth-order valence-electron chi connectivity index (χ4n) is 4.78. The van der Waals surface area contributed by atoms with Crippen LogP contribution in [0.4, 0.5) is 0 Å². The molecule has 0 unspecified atom stereocenters. The van der Waals surface area contributed by atoms with Gasteiger partial charge in [-0.3, -0.25) is 9.69 Å². The summed E-state index contributed by atoms with van der Waals surface area (Å²) >= 11 is 0. The van der Waals surface area contributed by atoms with E-state index in [-0.39, 0.29) is 18.4 Å². The molecule has 0 spiro atoms. The van der Waals surface area contributed by atoms with Crippen molar-refractivity contribution in [3.63, 3.8) is 0 Å². The Hall–Kier alpha value is -2.22. The van der Waals surface area contributed by atoms with Crippen molar-refractivity contribution < 1.29 is 13.2 Å². The lowest BCUT2D eigenvalue weighted by Crippen LogP contribution is -2.45. The Kier molecular flexibility index (Phi) is 7.83. The summed E-state index contributed by atoms with van der Waals surface area (Å²) in [7, 11) is -3.58. The van der Waals surface area contributed by atoms with E-state index >= 15 is 0 Å². The van der Waals surface area contributed by atoms with Gasteiger partial charge in [-0.2, -0.15) is 4.31 Å². The van der Waals surface area contributed by atoms with Crippen LogP contribution in [0.15, 0.2) is 53.4 Å². The second-order valence-corrected chi connectivity index (χ2v) is 11.3. The van der Waals surface area contributed by atoms with E-state index in [0.717, 1.165) is 30.8 Å². The molecule has 2 heterocycles. The molecule has 33 heavy (non-hydrogen) atoms. The largest absolute Gasteiger partial charge is 0.352 e. The van der Waals surface area contributed by atoms with Crippen molar-refractivity contribution in [3.8, 4) is 0 Å². The molecule has 6 nitrogen and oxygen atoms in total. The number of aryl methyl sites for hydroxylation is 1. The molecule has 1 amide bonds. The van der Waals surface area contributed by atoms with Crippen molar-refractivity contribution in [1.82, 2.24) is 14.5 Å². The van der Waals surface area contributed by atoms with Gasteiger partial charge in [-0.1, -0.05) is 48.4 Å². The molecule has 0 saturated carbocycles. The van der Waals surface area contributed by atoms with Gasteiger partial charge >= 0.3 is 0 Å². The summed E-state index contributed by atoms with van der Waals surface area (Å²) in [6.07, 6.45) is 5.27. The van der Waals surface area contributed by atoms with Crippen LogP contribution < -0.4 is 5.32 Å². The summed E-state index contributed by atoms with van der Waals surface area (Å²) in [5.74, 6) is -0.393. The van der Waals surface area contributed by atoms with Gasteiger partial charge in [0.05, 0.1) is 10.8 Å². The molecule has 0 aliphatic carbocycles. The summed E-state index contributed by atoms with van der Waals surface area (Å²) < 4.78 is 27.5. The fourth-order valence-corrected chi connectivity index (χ4v) is 6.31. The molecule has 0 radical (unpaired) electrons. The van der Waals surface area contributed by atoms with Crippen LogP contribution in [0.5, 0.6) is 0 Å². The van der Waals surface area contributed by atoms with Crippen molar-refractivity contribution in [2.75, 3.05) is 26.2 Å². The third kappa shape index (κ3) is 6.22. The molecule has 2 aromatic carbocycles. The lowest BCUT2D eigenvalue weighted by Gasteiger charge is -2.31. The highest BCUT2D eigenvalue weighted by atomic mass is 32.2. The Bertz CT molecular complexity index is 1050. The molecule has 2 aliphatic rings. The second-order valence-electron chi connectivity index (χ2n) is 9.39.